The molecule has 7 nitrogen and oxygen atoms in total. The summed E-state index contributed by atoms with van der Waals surface area (Å²) in [4.78, 5) is 29.2. The molecule has 10 heteroatoms. The fourth-order valence-electron chi connectivity index (χ4n) is 4.53. The van der Waals surface area contributed by atoms with E-state index in [9.17, 15) is 18.0 Å². The van der Waals surface area contributed by atoms with Crippen molar-refractivity contribution in [3.05, 3.63) is 93.0 Å². The van der Waals surface area contributed by atoms with E-state index < -0.39 is 28.5 Å². The summed E-state index contributed by atoms with van der Waals surface area (Å²) in [6, 6.07) is 16.0. The van der Waals surface area contributed by atoms with Crippen molar-refractivity contribution >= 4 is 50.7 Å². The smallest absolute Gasteiger partial charge is 0.264 e. The molecule has 0 saturated carbocycles. The molecular formula is C32H39Cl2N3O4S. The summed E-state index contributed by atoms with van der Waals surface area (Å²) in [7, 11) is -4.16. The minimum absolute atomic E-state index is 0.00745. The number of halogens is 2. The number of aryl methyl sites for hydroxylation is 3. The quantitative estimate of drug-likeness (QED) is 0.237. The Balaban J connectivity index is 2.12. The molecule has 2 amide bonds. The van der Waals surface area contributed by atoms with Crippen LogP contribution >= 0.6 is 23.2 Å². The number of hydrogen-bond acceptors (Lipinski definition) is 4. The van der Waals surface area contributed by atoms with Gasteiger partial charge in [-0.05, 0) is 87.6 Å². The van der Waals surface area contributed by atoms with Gasteiger partial charge < -0.3 is 10.2 Å². The number of anilines is 1. The maximum Gasteiger partial charge on any atom is 0.264 e. The van der Waals surface area contributed by atoms with Crippen LogP contribution in [0.15, 0.2) is 65.6 Å². The highest BCUT2D eigenvalue weighted by atomic mass is 35.5. The third-order valence-corrected chi connectivity index (χ3v) is 9.62. The molecule has 0 unspecified atom stereocenters. The second-order valence-electron chi connectivity index (χ2n) is 10.6. The number of nitrogens with one attached hydrogen (secondary N) is 1. The number of carbonyl (C=O) groups excluding carboxylic acids is 2. The van der Waals surface area contributed by atoms with E-state index in [-0.39, 0.29) is 23.4 Å². The lowest BCUT2D eigenvalue weighted by Crippen LogP contribution is -2.53. The molecule has 0 aliphatic rings. The van der Waals surface area contributed by atoms with Crippen LogP contribution in [0.25, 0.3) is 0 Å². The van der Waals surface area contributed by atoms with Gasteiger partial charge in [0, 0.05) is 22.6 Å². The van der Waals surface area contributed by atoms with E-state index in [0.29, 0.717) is 39.7 Å². The maximum absolute atomic E-state index is 14.3. The van der Waals surface area contributed by atoms with Gasteiger partial charge >= 0.3 is 0 Å². The molecular weight excluding hydrogens is 593 g/mol. The van der Waals surface area contributed by atoms with E-state index in [4.69, 9.17) is 23.2 Å². The van der Waals surface area contributed by atoms with Crippen LogP contribution in [0.3, 0.4) is 0 Å². The molecule has 0 aliphatic heterocycles. The van der Waals surface area contributed by atoms with E-state index in [2.05, 4.69) is 5.32 Å². The highest BCUT2D eigenvalue weighted by molar-refractivity contribution is 7.92. The van der Waals surface area contributed by atoms with Gasteiger partial charge in [-0.2, -0.15) is 0 Å². The Morgan fingerprint density at radius 1 is 0.881 bits per heavy atom. The van der Waals surface area contributed by atoms with Crippen molar-refractivity contribution in [3.8, 4) is 0 Å². The second kappa shape index (κ2) is 14.4. The number of rotatable bonds is 12. The van der Waals surface area contributed by atoms with Crippen LogP contribution in [0.1, 0.15) is 55.9 Å². The van der Waals surface area contributed by atoms with Crippen molar-refractivity contribution in [2.75, 3.05) is 10.8 Å². The Morgan fingerprint density at radius 3 is 2.12 bits per heavy atom. The summed E-state index contributed by atoms with van der Waals surface area (Å²) in [5.74, 6) is -0.853. The molecule has 2 atom stereocenters. The Kier molecular flexibility index (Phi) is 11.5. The first-order valence-electron chi connectivity index (χ1n) is 14.0. The Morgan fingerprint density at radius 2 is 1.52 bits per heavy atom. The van der Waals surface area contributed by atoms with E-state index >= 15 is 0 Å². The van der Waals surface area contributed by atoms with Crippen LogP contribution in [-0.2, 0) is 26.2 Å². The van der Waals surface area contributed by atoms with Gasteiger partial charge in [-0.15, -0.1) is 0 Å². The van der Waals surface area contributed by atoms with Crippen molar-refractivity contribution in [2.45, 2.75) is 77.9 Å². The van der Waals surface area contributed by atoms with Crippen LogP contribution in [-0.4, -0.2) is 43.8 Å². The standard InChI is InChI=1S/C32H39Cl2N3O4S/c1-7-24(6)35-32(39)29(8-2)36(19-25-13-14-26(33)18-28(25)34)31(38)20-37(30-17-22(4)9-12-23(30)5)42(40,41)27-15-10-21(3)11-16-27/h9-18,24,29H,7-8,19-20H2,1-6H3,(H,35,39)/t24-,29-/m1/s1. The molecule has 1 N–H and O–H groups in total. The zero-order chi connectivity index (χ0) is 31.2. The Labute approximate surface area is 259 Å². The lowest BCUT2D eigenvalue weighted by molar-refractivity contribution is -0.140. The molecule has 0 saturated heterocycles. The molecule has 0 spiro atoms. The topological polar surface area (TPSA) is 86.8 Å². The molecule has 226 valence electrons. The monoisotopic (exact) mass is 631 g/mol. The normalized spacial score (nSPS) is 12.9. The zero-order valence-electron chi connectivity index (χ0n) is 24.9. The lowest BCUT2D eigenvalue weighted by Gasteiger charge is -2.34. The number of hydrogen-bond donors (Lipinski definition) is 1. The Hall–Kier alpha value is -3.07. The summed E-state index contributed by atoms with van der Waals surface area (Å²) in [6.07, 6.45) is 1.03. The third kappa shape index (κ3) is 8.06. The molecule has 3 aromatic carbocycles. The van der Waals surface area contributed by atoms with Crippen molar-refractivity contribution in [2.24, 2.45) is 0 Å². The number of amides is 2. The van der Waals surface area contributed by atoms with Crippen LogP contribution in [0, 0.1) is 20.8 Å². The average Bonchev–Trinajstić information content (AvgIpc) is 2.94. The molecule has 0 fully saturated rings. The number of sulfonamides is 1. The van der Waals surface area contributed by atoms with Gasteiger partial charge in [0.25, 0.3) is 10.0 Å². The summed E-state index contributed by atoms with van der Waals surface area (Å²) in [5, 5.41) is 3.75. The number of carbonyl (C=O) groups is 2. The van der Waals surface area contributed by atoms with Gasteiger partial charge in [0.1, 0.15) is 12.6 Å². The van der Waals surface area contributed by atoms with Gasteiger partial charge in [-0.3, -0.25) is 13.9 Å². The summed E-state index contributed by atoms with van der Waals surface area (Å²) < 4.78 is 29.4. The van der Waals surface area contributed by atoms with E-state index in [1.165, 1.54) is 17.0 Å². The molecule has 0 aliphatic carbocycles. The van der Waals surface area contributed by atoms with Crippen molar-refractivity contribution < 1.29 is 18.0 Å². The lowest BCUT2D eigenvalue weighted by atomic mass is 10.1. The van der Waals surface area contributed by atoms with E-state index in [1.54, 1.807) is 43.3 Å². The van der Waals surface area contributed by atoms with Crippen LogP contribution in [0.5, 0.6) is 0 Å². The zero-order valence-corrected chi connectivity index (χ0v) is 27.3. The second-order valence-corrected chi connectivity index (χ2v) is 13.3. The molecule has 0 bridgehead atoms. The molecule has 42 heavy (non-hydrogen) atoms. The largest absolute Gasteiger partial charge is 0.352 e. The predicted octanol–water partition coefficient (Wildman–Crippen LogP) is 6.84. The number of nitrogens with zero attached hydrogens (tertiary/aromatic N) is 2. The first kappa shape index (κ1) is 33.4. The minimum atomic E-state index is -4.16. The fraction of sp³-hybridized carbons (Fsp3) is 0.375. The van der Waals surface area contributed by atoms with Gasteiger partial charge in [0.2, 0.25) is 11.8 Å². The molecule has 0 aromatic heterocycles. The van der Waals surface area contributed by atoms with Gasteiger partial charge in [-0.1, -0.05) is 72.9 Å². The van der Waals surface area contributed by atoms with Crippen LogP contribution in [0.4, 0.5) is 5.69 Å². The number of benzene rings is 3. The molecule has 0 radical (unpaired) electrons. The van der Waals surface area contributed by atoms with Gasteiger partial charge in [0.15, 0.2) is 0 Å². The Bertz CT molecular complexity index is 1530. The summed E-state index contributed by atoms with van der Waals surface area (Å²) in [6.45, 7) is 10.7. The van der Waals surface area contributed by atoms with Crippen LogP contribution in [0.2, 0.25) is 10.0 Å². The van der Waals surface area contributed by atoms with Gasteiger partial charge in [0.05, 0.1) is 10.6 Å². The van der Waals surface area contributed by atoms with Crippen molar-refractivity contribution in [1.82, 2.24) is 10.2 Å². The maximum atomic E-state index is 14.3. The molecule has 0 heterocycles. The highest BCUT2D eigenvalue weighted by Gasteiger charge is 2.34. The summed E-state index contributed by atoms with van der Waals surface area (Å²) >= 11 is 12.6. The first-order chi connectivity index (χ1) is 19.8. The van der Waals surface area contributed by atoms with Crippen LogP contribution < -0.4 is 9.62 Å². The highest BCUT2D eigenvalue weighted by Crippen LogP contribution is 2.29. The van der Waals surface area contributed by atoms with E-state index in [0.717, 1.165) is 15.4 Å². The van der Waals surface area contributed by atoms with Gasteiger partial charge in [-0.25, -0.2) is 8.42 Å². The van der Waals surface area contributed by atoms with E-state index in [1.807, 2.05) is 46.8 Å². The summed E-state index contributed by atoms with van der Waals surface area (Å²) in [5.41, 5.74) is 3.43. The first-order valence-corrected chi connectivity index (χ1v) is 16.2. The molecule has 3 rings (SSSR count). The predicted molar refractivity (Wildman–Crippen MR) is 171 cm³/mol. The minimum Gasteiger partial charge on any atom is -0.352 e. The fourth-order valence-corrected chi connectivity index (χ4v) is 6.47. The van der Waals surface area contributed by atoms with Crippen molar-refractivity contribution in [1.29, 1.82) is 0 Å². The molecule has 3 aromatic rings. The average molecular weight is 633 g/mol. The SMILES string of the molecule is CC[C@@H](C)NC(=O)[C@@H](CC)N(Cc1ccc(Cl)cc1Cl)C(=O)CN(c1cc(C)ccc1C)S(=O)(=O)c1ccc(C)cc1. The third-order valence-electron chi connectivity index (χ3n) is 7.26. The van der Waals surface area contributed by atoms with Crippen molar-refractivity contribution in [3.63, 3.8) is 0 Å².